The van der Waals surface area contributed by atoms with Crippen LogP contribution < -0.4 is 4.74 Å². The van der Waals surface area contributed by atoms with E-state index in [2.05, 4.69) is 37.1 Å². The van der Waals surface area contributed by atoms with Crippen molar-refractivity contribution < 1.29 is 9.84 Å². The number of hydrogen-bond donors (Lipinski definition) is 1. The van der Waals surface area contributed by atoms with E-state index in [0.717, 1.165) is 55.2 Å². The van der Waals surface area contributed by atoms with Gasteiger partial charge in [0.1, 0.15) is 11.5 Å². The van der Waals surface area contributed by atoms with Crippen LogP contribution >= 0.6 is 0 Å². The van der Waals surface area contributed by atoms with Crippen molar-refractivity contribution in [1.29, 1.82) is 0 Å². The average Bonchev–Trinajstić information content (AvgIpc) is 3.15. The molecule has 1 fully saturated rings. The molecule has 0 aliphatic carbocycles. The summed E-state index contributed by atoms with van der Waals surface area (Å²) in [5.74, 6) is 2.40. The van der Waals surface area contributed by atoms with Gasteiger partial charge in [-0.1, -0.05) is 32.0 Å². The van der Waals surface area contributed by atoms with Gasteiger partial charge in [0, 0.05) is 30.9 Å². The summed E-state index contributed by atoms with van der Waals surface area (Å²) >= 11 is 0. The van der Waals surface area contributed by atoms with Crippen LogP contribution in [0, 0.1) is 11.8 Å². The second-order valence-electron chi connectivity index (χ2n) is 8.96. The zero-order valence-corrected chi connectivity index (χ0v) is 18.7. The van der Waals surface area contributed by atoms with Crippen LogP contribution in [0.4, 0.5) is 0 Å². The van der Waals surface area contributed by atoms with Gasteiger partial charge in [0.05, 0.1) is 11.8 Å². The molecule has 1 aliphatic heterocycles. The zero-order valence-electron chi connectivity index (χ0n) is 18.7. The lowest BCUT2D eigenvalue weighted by Crippen LogP contribution is -2.39. The van der Waals surface area contributed by atoms with Gasteiger partial charge in [-0.05, 0) is 74.2 Å². The normalized spacial score (nSPS) is 16.5. The molecule has 1 saturated heterocycles. The maximum atomic E-state index is 10.4. The first-order valence-corrected chi connectivity index (χ1v) is 11.3. The molecule has 1 aliphatic rings. The summed E-state index contributed by atoms with van der Waals surface area (Å²) in [7, 11) is 1.98. The number of para-hydroxylation sites is 1. The van der Waals surface area contributed by atoms with E-state index in [1.54, 1.807) is 0 Å². The van der Waals surface area contributed by atoms with E-state index >= 15 is 0 Å². The number of aryl methyl sites for hydroxylation is 1. The van der Waals surface area contributed by atoms with Crippen LogP contribution in [0.5, 0.6) is 11.5 Å². The standard InChI is InChI=1S/C26H33N3O2/c1-19(2)26(30)21-13-15-29(16-14-21)18-22-17-28(3)27-25(22)20-9-11-24(12-10-20)31-23-7-5-4-6-8-23/h4-12,17,19,21,26,30H,13-16,18H2,1-3H3/t26-/m1/s1. The van der Waals surface area contributed by atoms with E-state index in [1.165, 1.54) is 5.56 Å². The number of aliphatic hydroxyl groups is 1. The van der Waals surface area contributed by atoms with Gasteiger partial charge in [-0.3, -0.25) is 9.58 Å². The van der Waals surface area contributed by atoms with E-state index in [1.807, 2.05) is 54.2 Å². The lowest BCUT2D eigenvalue weighted by atomic mass is 9.85. The molecular weight excluding hydrogens is 386 g/mol. The highest BCUT2D eigenvalue weighted by Gasteiger charge is 2.27. The number of hydrogen-bond acceptors (Lipinski definition) is 4. The first-order chi connectivity index (χ1) is 15.0. The van der Waals surface area contributed by atoms with Crippen molar-refractivity contribution in [3.63, 3.8) is 0 Å². The topological polar surface area (TPSA) is 50.5 Å². The summed E-state index contributed by atoms with van der Waals surface area (Å²) in [5.41, 5.74) is 3.36. The molecule has 1 atom stereocenters. The third kappa shape index (κ3) is 5.35. The minimum Gasteiger partial charge on any atom is -0.457 e. The van der Waals surface area contributed by atoms with Crippen molar-refractivity contribution in [2.75, 3.05) is 13.1 Å². The molecule has 0 radical (unpaired) electrons. The van der Waals surface area contributed by atoms with E-state index in [4.69, 9.17) is 9.84 Å². The van der Waals surface area contributed by atoms with Crippen LogP contribution in [0.3, 0.4) is 0 Å². The first kappa shape index (κ1) is 21.6. The molecule has 0 bridgehead atoms. The summed E-state index contributed by atoms with van der Waals surface area (Å²) in [4.78, 5) is 2.48. The molecule has 5 nitrogen and oxygen atoms in total. The Balaban J connectivity index is 1.42. The lowest BCUT2D eigenvalue weighted by Gasteiger charge is -2.35. The van der Waals surface area contributed by atoms with Crippen LogP contribution in [0.15, 0.2) is 60.8 Å². The van der Waals surface area contributed by atoms with Crippen LogP contribution in [-0.4, -0.2) is 39.0 Å². The number of benzene rings is 2. The molecule has 0 amide bonds. The van der Waals surface area contributed by atoms with Crippen molar-refractivity contribution in [1.82, 2.24) is 14.7 Å². The highest BCUT2D eigenvalue weighted by molar-refractivity contribution is 5.63. The Morgan fingerprint density at radius 1 is 1.00 bits per heavy atom. The highest BCUT2D eigenvalue weighted by Crippen LogP contribution is 2.30. The van der Waals surface area contributed by atoms with E-state index in [9.17, 15) is 5.11 Å². The number of aliphatic hydroxyl groups excluding tert-OH is 1. The first-order valence-electron chi connectivity index (χ1n) is 11.3. The number of nitrogens with zero attached hydrogens (tertiary/aromatic N) is 3. The van der Waals surface area contributed by atoms with Gasteiger partial charge in [0.15, 0.2) is 0 Å². The summed E-state index contributed by atoms with van der Waals surface area (Å²) in [6.07, 6.45) is 4.05. The van der Waals surface area contributed by atoms with E-state index < -0.39 is 0 Å². The molecule has 31 heavy (non-hydrogen) atoms. The molecule has 4 rings (SSSR count). The molecule has 0 saturated carbocycles. The van der Waals surface area contributed by atoms with Gasteiger partial charge in [-0.15, -0.1) is 0 Å². The van der Waals surface area contributed by atoms with Crippen molar-refractivity contribution >= 4 is 0 Å². The van der Waals surface area contributed by atoms with Crippen LogP contribution in [-0.2, 0) is 13.6 Å². The smallest absolute Gasteiger partial charge is 0.127 e. The second-order valence-corrected chi connectivity index (χ2v) is 8.96. The van der Waals surface area contributed by atoms with Crippen molar-refractivity contribution in [2.24, 2.45) is 18.9 Å². The molecule has 1 N–H and O–H groups in total. The Hall–Kier alpha value is -2.63. The Morgan fingerprint density at radius 3 is 2.29 bits per heavy atom. The predicted molar refractivity (Wildman–Crippen MR) is 124 cm³/mol. The summed E-state index contributed by atoms with van der Waals surface area (Å²) in [6.45, 7) is 7.14. The van der Waals surface area contributed by atoms with Crippen LogP contribution in [0.25, 0.3) is 11.3 Å². The Kier molecular flexibility index (Phi) is 6.73. The van der Waals surface area contributed by atoms with Gasteiger partial charge >= 0.3 is 0 Å². The quantitative estimate of drug-likeness (QED) is 0.578. The molecule has 0 spiro atoms. The maximum absolute atomic E-state index is 10.4. The molecule has 2 heterocycles. The zero-order chi connectivity index (χ0) is 21.8. The summed E-state index contributed by atoms with van der Waals surface area (Å²) < 4.78 is 7.82. The van der Waals surface area contributed by atoms with E-state index in [-0.39, 0.29) is 6.10 Å². The molecule has 3 aromatic rings. The Labute approximate surface area is 185 Å². The number of likely N-dealkylation sites (tertiary alicyclic amines) is 1. The molecular formula is C26H33N3O2. The molecule has 5 heteroatoms. The molecule has 2 aromatic carbocycles. The van der Waals surface area contributed by atoms with Crippen molar-refractivity contribution in [3.8, 4) is 22.8 Å². The second kappa shape index (κ2) is 9.67. The SMILES string of the molecule is CC(C)[C@@H](O)C1CCN(Cc2cn(C)nc2-c2ccc(Oc3ccccc3)cc2)CC1. The van der Waals surface area contributed by atoms with Crippen molar-refractivity contribution in [2.45, 2.75) is 39.3 Å². The molecule has 1 aromatic heterocycles. The average molecular weight is 420 g/mol. The van der Waals surface area contributed by atoms with Crippen LogP contribution in [0.1, 0.15) is 32.3 Å². The summed E-state index contributed by atoms with van der Waals surface area (Å²) in [5, 5.41) is 15.1. The van der Waals surface area contributed by atoms with Gasteiger partial charge in [-0.25, -0.2) is 0 Å². The van der Waals surface area contributed by atoms with Crippen LogP contribution in [0.2, 0.25) is 0 Å². The fraction of sp³-hybridized carbons (Fsp3) is 0.423. The number of aromatic nitrogens is 2. The fourth-order valence-electron chi connectivity index (χ4n) is 4.44. The van der Waals surface area contributed by atoms with Crippen molar-refractivity contribution in [3.05, 3.63) is 66.4 Å². The Bertz CT molecular complexity index is 958. The molecule has 0 unspecified atom stereocenters. The number of ether oxygens (including phenoxy) is 1. The fourth-order valence-corrected chi connectivity index (χ4v) is 4.44. The van der Waals surface area contributed by atoms with Gasteiger partial charge in [0.25, 0.3) is 0 Å². The predicted octanol–water partition coefficient (Wildman–Crippen LogP) is 5.11. The maximum Gasteiger partial charge on any atom is 0.127 e. The minimum atomic E-state index is -0.187. The van der Waals surface area contributed by atoms with Gasteiger partial charge < -0.3 is 9.84 Å². The molecule has 164 valence electrons. The minimum absolute atomic E-state index is 0.187. The van der Waals surface area contributed by atoms with Gasteiger partial charge in [0.2, 0.25) is 0 Å². The highest BCUT2D eigenvalue weighted by atomic mass is 16.5. The monoisotopic (exact) mass is 419 g/mol. The number of piperidine rings is 1. The third-order valence-corrected chi connectivity index (χ3v) is 6.20. The van der Waals surface area contributed by atoms with Gasteiger partial charge in [-0.2, -0.15) is 5.10 Å². The largest absolute Gasteiger partial charge is 0.457 e. The Morgan fingerprint density at radius 2 is 1.65 bits per heavy atom. The third-order valence-electron chi connectivity index (χ3n) is 6.20. The number of rotatable bonds is 7. The lowest BCUT2D eigenvalue weighted by molar-refractivity contribution is 0.0270. The van der Waals surface area contributed by atoms with E-state index in [0.29, 0.717) is 11.8 Å². The summed E-state index contributed by atoms with van der Waals surface area (Å²) in [6, 6.07) is 18.0.